The molecule has 1 amide bonds. The van der Waals surface area contributed by atoms with Gasteiger partial charge in [0.2, 0.25) is 17.7 Å². The number of anilines is 1. The van der Waals surface area contributed by atoms with Gasteiger partial charge in [0.25, 0.3) is 0 Å². The van der Waals surface area contributed by atoms with Gasteiger partial charge in [-0.25, -0.2) is 4.98 Å². The summed E-state index contributed by atoms with van der Waals surface area (Å²) in [6, 6.07) is 19.8. The van der Waals surface area contributed by atoms with Gasteiger partial charge in [0.05, 0.1) is 23.7 Å². The summed E-state index contributed by atoms with van der Waals surface area (Å²) >= 11 is 0. The van der Waals surface area contributed by atoms with E-state index in [2.05, 4.69) is 11.8 Å². The molecule has 5 rings (SSSR count). The number of hydrogen-bond donors (Lipinski definition) is 0. The lowest BCUT2D eigenvalue weighted by molar-refractivity contribution is -0.133. The van der Waals surface area contributed by atoms with Gasteiger partial charge in [0.1, 0.15) is 5.75 Å². The highest BCUT2D eigenvalue weighted by molar-refractivity contribution is 5.84. The van der Waals surface area contributed by atoms with E-state index in [0.29, 0.717) is 25.4 Å². The second kappa shape index (κ2) is 10.2. The SMILES string of the molecule is CC[C@H](C(=O)N1CCc2nc(N3CCCCC3)nc(Oc3ccccc3)c2C1)c1ccccc1. The molecule has 3 heterocycles. The number of piperidine rings is 1. The summed E-state index contributed by atoms with van der Waals surface area (Å²) in [6.07, 6.45) is 5.06. The zero-order valence-corrected chi connectivity index (χ0v) is 19.8. The van der Waals surface area contributed by atoms with Gasteiger partial charge < -0.3 is 14.5 Å². The van der Waals surface area contributed by atoms with Crippen molar-refractivity contribution < 1.29 is 9.53 Å². The predicted octanol–water partition coefficient (Wildman–Crippen LogP) is 5.34. The van der Waals surface area contributed by atoms with Crippen LogP contribution in [0.2, 0.25) is 0 Å². The van der Waals surface area contributed by atoms with Crippen LogP contribution >= 0.6 is 0 Å². The number of amides is 1. The van der Waals surface area contributed by atoms with Crippen LogP contribution in [-0.4, -0.2) is 40.4 Å². The molecule has 3 aromatic rings. The first kappa shape index (κ1) is 22.4. The van der Waals surface area contributed by atoms with Crippen molar-refractivity contribution in [1.82, 2.24) is 14.9 Å². The summed E-state index contributed by atoms with van der Waals surface area (Å²) in [5.74, 6) is 2.08. The summed E-state index contributed by atoms with van der Waals surface area (Å²) in [6.45, 7) is 5.16. The number of hydrogen-bond acceptors (Lipinski definition) is 5. The Balaban J connectivity index is 1.45. The zero-order chi connectivity index (χ0) is 23.3. The largest absolute Gasteiger partial charge is 0.438 e. The summed E-state index contributed by atoms with van der Waals surface area (Å²) in [4.78, 5) is 27.6. The second-order valence-corrected chi connectivity index (χ2v) is 9.10. The molecule has 2 aromatic carbocycles. The van der Waals surface area contributed by atoms with Crippen molar-refractivity contribution in [2.24, 2.45) is 0 Å². The molecule has 0 unspecified atom stereocenters. The number of benzene rings is 2. The monoisotopic (exact) mass is 456 g/mol. The van der Waals surface area contributed by atoms with Crippen molar-refractivity contribution in [2.75, 3.05) is 24.5 Å². The maximum Gasteiger partial charge on any atom is 0.230 e. The van der Waals surface area contributed by atoms with Crippen LogP contribution in [0.1, 0.15) is 55.3 Å². The van der Waals surface area contributed by atoms with Crippen molar-refractivity contribution >= 4 is 11.9 Å². The Bertz CT molecular complexity index is 1110. The van der Waals surface area contributed by atoms with E-state index >= 15 is 0 Å². The minimum Gasteiger partial charge on any atom is -0.438 e. The van der Waals surface area contributed by atoms with Gasteiger partial charge in [-0.15, -0.1) is 0 Å². The molecule has 1 saturated heterocycles. The van der Waals surface area contributed by atoms with Crippen LogP contribution in [0.3, 0.4) is 0 Å². The van der Waals surface area contributed by atoms with E-state index < -0.39 is 0 Å². The minimum absolute atomic E-state index is 0.144. The summed E-state index contributed by atoms with van der Waals surface area (Å²) in [7, 11) is 0. The predicted molar refractivity (Wildman–Crippen MR) is 133 cm³/mol. The van der Waals surface area contributed by atoms with Gasteiger partial charge in [-0.2, -0.15) is 4.98 Å². The second-order valence-electron chi connectivity index (χ2n) is 9.10. The number of para-hydroxylation sites is 1. The smallest absolute Gasteiger partial charge is 0.230 e. The Kier molecular flexibility index (Phi) is 6.74. The van der Waals surface area contributed by atoms with Crippen molar-refractivity contribution in [3.8, 4) is 11.6 Å². The maximum absolute atomic E-state index is 13.6. The van der Waals surface area contributed by atoms with E-state index in [4.69, 9.17) is 14.7 Å². The molecule has 176 valence electrons. The number of carbonyl (C=O) groups excluding carboxylic acids is 1. The van der Waals surface area contributed by atoms with E-state index in [1.54, 1.807) is 0 Å². The normalized spacial score (nSPS) is 16.6. The Labute approximate surface area is 201 Å². The molecule has 0 bridgehead atoms. The Morgan fingerprint density at radius 1 is 0.941 bits per heavy atom. The van der Waals surface area contributed by atoms with Crippen LogP contribution in [0.5, 0.6) is 11.6 Å². The number of rotatable bonds is 6. The van der Waals surface area contributed by atoms with E-state index in [9.17, 15) is 4.79 Å². The quantitative estimate of drug-likeness (QED) is 0.501. The van der Waals surface area contributed by atoms with Crippen LogP contribution in [0.25, 0.3) is 0 Å². The first-order valence-corrected chi connectivity index (χ1v) is 12.4. The molecule has 0 spiro atoms. The zero-order valence-electron chi connectivity index (χ0n) is 19.8. The molecular weight excluding hydrogens is 424 g/mol. The first-order chi connectivity index (χ1) is 16.7. The summed E-state index contributed by atoms with van der Waals surface area (Å²) in [5, 5.41) is 0. The van der Waals surface area contributed by atoms with Crippen LogP contribution in [0, 0.1) is 0 Å². The molecular formula is C28H32N4O2. The third kappa shape index (κ3) is 4.76. The molecule has 1 atom stereocenters. The number of aromatic nitrogens is 2. The fourth-order valence-corrected chi connectivity index (χ4v) is 4.94. The molecule has 6 nitrogen and oxygen atoms in total. The lowest BCUT2D eigenvalue weighted by atomic mass is 9.94. The fraction of sp³-hybridized carbons (Fsp3) is 0.393. The lowest BCUT2D eigenvalue weighted by Crippen LogP contribution is -2.40. The fourth-order valence-electron chi connectivity index (χ4n) is 4.94. The topological polar surface area (TPSA) is 58.6 Å². The van der Waals surface area contributed by atoms with Gasteiger partial charge >= 0.3 is 0 Å². The van der Waals surface area contributed by atoms with E-state index in [1.807, 2.05) is 65.6 Å². The molecule has 1 fully saturated rings. The Morgan fingerprint density at radius 2 is 1.65 bits per heavy atom. The third-order valence-electron chi connectivity index (χ3n) is 6.83. The van der Waals surface area contributed by atoms with Crippen LogP contribution < -0.4 is 9.64 Å². The van der Waals surface area contributed by atoms with Gasteiger partial charge in [0.15, 0.2) is 0 Å². The van der Waals surface area contributed by atoms with E-state index in [-0.39, 0.29) is 11.8 Å². The molecule has 6 heteroatoms. The average molecular weight is 457 g/mol. The van der Waals surface area contributed by atoms with Crippen molar-refractivity contribution in [2.45, 2.75) is 51.5 Å². The number of carbonyl (C=O) groups is 1. The molecule has 0 saturated carbocycles. The standard InChI is InChI=1S/C28H32N4O2/c1-2-23(21-12-6-3-7-13-21)27(33)32-19-16-25-24(20-32)26(34-22-14-8-4-9-15-22)30-28(29-25)31-17-10-5-11-18-31/h3-4,6-9,12-15,23H,2,5,10-11,16-20H2,1H3/t23-/m0/s1. The van der Waals surface area contributed by atoms with E-state index in [1.165, 1.54) is 6.42 Å². The van der Waals surface area contributed by atoms with E-state index in [0.717, 1.165) is 60.9 Å². The lowest BCUT2D eigenvalue weighted by Gasteiger charge is -2.33. The molecule has 34 heavy (non-hydrogen) atoms. The molecule has 0 aliphatic carbocycles. The third-order valence-corrected chi connectivity index (χ3v) is 6.83. The summed E-state index contributed by atoms with van der Waals surface area (Å²) in [5.41, 5.74) is 2.99. The first-order valence-electron chi connectivity index (χ1n) is 12.4. The number of fused-ring (bicyclic) bond motifs is 1. The highest BCUT2D eigenvalue weighted by Crippen LogP contribution is 2.33. The van der Waals surface area contributed by atoms with Crippen LogP contribution in [-0.2, 0) is 17.8 Å². The van der Waals surface area contributed by atoms with Crippen molar-refractivity contribution in [3.05, 3.63) is 77.5 Å². The molecule has 2 aliphatic heterocycles. The van der Waals surface area contributed by atoms with Crippen molar-refractivity contribution in [3.63, 3.8) is 0 Å². The number of nitrogens with zero attached hydrogens (tertiary/aromatic N) is 4. The molecule has 0 radical (unpaired) electrons. The molecule has 2 aliphatic rings. The average Bonchev–Trinajstić information content (AvgIpc) is 2.90. The van der Waals surface area contributed by atoms with Gasteiger partial charge in [-0.1, -0.05) is 55.5 Å². The van der Waals surface area contributed by atoms with Gasteiger partial charge in [-0.3, -0.25) is 4.79 Å². The van der Waals surface area contributed by atoms with Crippen molar-refractivity contribution in [1.29, 1.82) is 0 Å². The van der Waals surface area contributed by atoms with Gasteiger partial charge in [0, 0.05) is 26.1 Å². The van der Waals surface area contributed by atoms with Crippen LogP contribution in [0.15, 0.2) is 60.7 Å². The highest BCUT2D eigenvalue weighted by Gasteiger charge is 2.31. The maximum atomic E-state index is 13.6. The Morgan fingerprint density at radius 3 is 2.35 bits per heavy atom. The van der Waals surface area contributed by atoms with Crippen LogP contribution in [0.4, 0.5) is 5.95 Å². The molecule has 0 N–H and O–H groups in total. The number of ether oxygens (including phenoxy) is 1. The summed E-state index contributed by atoms with van der Waals surface area (Å²) < 4.78 is 6.29. The Hall–Kier alpha value is -3.41. The highest BCUT2D eigenvalue weighted by atomic mass is 16.5. The van der Waals surface area contributed by atoms with Gasteiger partial charge in [-0.05, 0) is 43.4 Å². The minimum atomic E-state index is -0.144. The molecule has 1 aromatic heterocycles.